The van der Waals surface area contributed by atoms with E-state index in [-0.39, 0.29) is 5.82 Å². The minimum Gasteiger partial charge on any atom is -0.493 e. The summed E-state index contributed by atoms with van der Waals surface area (Å²) in [5, 5.41) is 17.0. The minimum atomic E-state index is -0.521. The Morgan fingerprint density at radius 3 is 2.43 bits per heavy atom. The van der Waals surface area contributed by atoms with E-state index >= 15 is 0 Å². The van der Waals surface area contributed by atoms with Gasteiger partial charge in [-0.25, -0.2) is 4.98 Å². The molecule has 0 saturated carbocycles. The van der Waals surface area contributed by atoms with Gasteiger partial charge in [0.2, 0.25) is 5.75 Å². The molecular formula is C18H25N5O5. The number of ether oxygens (including phenoxy) is 3. The van der Waals surface area contributed by atoms with E-state index in [9.17, 15) is 10.1 Å². The molecule has 0 atom stereocenters. The third-order valence-electron chi connectivity index (χ3n) is 3.85. The Morgan fingerprint density at radius 2 is 1.93 bits per heavy atom. The maximum absolute atomic E-state index is 11.0. The highest BCUT2D eigenvalue weighted by Crippen LogP contribution is 2.40. The molecule has 0 bridgehead atoms. The molecule has 1 heterocycles. The average Bonchev–Trinajstić information content (AvgIpc) is 3.08. The number of aryl methyl sites for hydroxylation is 2. The van der Waals surface area contributed by atoms with E-state index in [2.05, 4.69) is 15.6 Å². The van der Waals surface area contributed by atoms with E-state index < -0.39 is 4.92 Å². The molecule has 10 heteroatoms. The zero-order valence-electron chi connectivity index (χ0n) is 16.4. The molecule has 0 unspecified atom stereocenters. The molecule has 10 nitrogen and oxygen atoms in total. The maximum atomic E-state index is 11.0. The molecule has 0 radical (unpaired) electrons. The van der Waals surface area contributed by atoms with Crippen LogP contribution in [0.3, 0.4) is 0 Å². The number of aromatic nitrogens is 2. The van der Waals surface area contributed by atoms with Gasteiger partial charge in [-0.2, -0.15) is 0 Å². The topological polar surface area (TPSA) is 113 Å². The Morgan fingerprint density at radius 1 is 1.25 bits per heavy atom. The van der Waals surface area contributed by atoms with Gasteiger partial charge >= 0.3 is 0 Å². The predicted molar refractivity (Wildman–Crippen MR) is 104 cm³/mol. The van der Waals surface area contributed by atoms with Crippen molar-refractivity contribution in [3.63, 3.8) is 0 Å². The summed E-state index contributed by atoms with van der Waals surface area (Å²) in [6, 6.07) is 3.34. The molecule has 2 aromatic rings. The first-order valence-corrected chi connectivity index (χ1v) is 8.61. The van der Waals surface area contributed by atoms with Gasteiger partial charge < -0.3 is 29.4 Å². The van der Waals surface area contributed by atoms with E-state index in [1.165, 1.54) is 21.3 Å². The van der Waals surface area contributed by atoms with Gasteiger partial charge in [0.1, 0.15) is 0 Å². The third kappa shape index (κ3) is 5.79. The Labute approximate surface area is 163 Å². The smallest absolute Gasteiger partial charge is 0.274 e. The van der Waals surface area contributed by atoms with Crippen molar-refractivity contribution in [3.8, 4) is 17.2 Å². The number of nitrogens with zero attached hydrogens (tertiary/aromatic N) is 3. The number of imidazole rings is 1. The van der Waals surface area contributed by atoms with Gasteiger partial charge in [0.05, 0.1) is 38.3 Å². The van der Waals surface area contributed by atoms with Crippen molar-refractivity contribution in [2.45, 2.75) is 19.9 Å². The molecular weight excluding hydrogens is 366 g/mol. The average molecular weight is 391 g/mol. The fourth-order valence-corrected chi connectivity index (χ4v) is 2.62. The molecule has 0 aliphatic heterocycles. The summed E-state index contributed by atoms with van der Waals surface area (Å²) < 4.78 is 17.9. The highest BCUT2D eigenvalue weighted by molar-refractivity contribution is 5.63. The van der Waals surface area contributed by atoms with Crippen LogP contribution in [0.15, 0.2) is 36.7 Å². The van der Waals surface area contributed by atoms with E-state index in [1.807, 2.05) is 17.7 Å². The van der Waals surface area contributed by atoms with Gasteiger partial charge in [0, 0.05) is 37.1 Å². The summed E-state index contributed by atoms with van der Waals surface area (Å²) in [4.78, 5) is 14.6. The fourth-order valence-electron chi connectivity index (χ4n) is 2.62. The number of hydrogen-bond donors (Lipinski definition) is 2. The number of methoxy groups -OCH3 is 3. The third-order valence-corrected chi connectivity index (χ3v) is 3.85. The van der Waals surface area contributed by atoms with Gasteiger partial charge in [-0.15, -0.1) is 0 Å². The number of nitrogens with one attached hydrogen (secondary N) is 2. The highest BCUT2D eigenvalue weighted by Gasteiger charge is 2.14. The molecule has 2 N–H and O–H groups in total. The molecule has 0 amide bonds. The second-order valence-electron chi connectivity index (χ2n) is 5.90. The van der Waals surface area contributed by atoms with Crippen LogP contribution in [0.4, 0.5) is 5.69 Å². The van der Waals surface area contributed by atoms with E-state index in [0.29, 0.717) is 29.5 Å². The predicted octanol–water partition coefficient (Wildman–Crippen LogP) is 2.38. The monoisotopic (exact) mass is 391 g/mol. The molecule has 28 heavy (non-hydrogen) atoms. The van der Waals surface area contributed by atoms with Crippen LogP contribution in [0.2, 0.25) is 0 Å². The number of rotatable bonds is 11. The summed E-state index contributed by atoms with van der Waals surface area (Å²) in [5.41, 5.74) is 1.51. The summed E-state index contributed by atoms with van der Waals surface area (Å²) in [7, 11) is 4.52. The van der Waals surface area contributed by atoms with Crippen LogP contribution < -0.4 is 24.8 Å². The van der Waals surface area contributed by atoms with Crippen LogP contribution in [-0.2, 0) is 6.54 Å². The Bertz CT molecular complexity index is 809. The molecule has 0 saturated heterocycles. The molecule has 0 spiro atoms. The Hall–Kier alpha value is -3.43. The molecule has 0 aliphatic carbocycles. The first kappa shape index (κ1) is 20.9. The number of nitro groups is 1. The lowest BCUT2D eigenvalue weighted by molar-refractivity contribution is -0.403. The normalized spacial score (nSPS) is 11.1. The molecule has 0 fully saturated rings. The van der Waals surface area contributed by atoms with Gasteiger partial charge in [0.15, 0.2) is 17.3 Å². The minimum absolute atomic E-state index is 0.251. The quantitative estimate of drug-likeness (QED) is 0.341. The molecule has 1 aromatic carbocycles. The second-order valence-corrected chi connectivity index (χ2v) is 5.90. The second kappa shape index (κ2) is 10.0. The number of hydrogen-bond acceptors (Lipinski definition) is 8. The fraction of sp³-hybridized carbons (Fsp3) is 0.389. The van der Waals surface area contributed by atoms with Crippen LogP contribution in [0.1, 0.15) is 12.1 Å². The van der Waals surface area contributed by atoms with Gasteiger partial charge in [-0.1, -0.05) is 0 Å². The summed E-state index contributed by atoms with van der Waals surface area (Å²) in [5.74, 6) is 1.58. The Balaban J connectivity index is 2.06. The van der Waals surface area contributed by atoms with Gasteiger partial charge in [0.25, 0.3) is 6.20 Å². The first-order valence-electron chi connectivity index (χ1n) is 8.61. The zero-order valence-corrected chi connectivity index (χ0v) is 16.4. The molecule has 2 rings (SSSR count). The van der Waals surface area contributed by atoms with E-state index in [4.69, 9.17) is 14.2 Å². The van der Waals surface area contributed by atoms with Gasteiger partial charge in [-0.3, -0.25) is 10.1 Å². The summed E-state index contributed by atoms with van der Waals surface area (Å²) >= 11 is 0. The van der Waals surface area contributed by atoms with Crippen LogP contribution in [0.25, 0.3) is 0 Å². The van der Waals surface area contributed by atoms with Crippen LogP contribution in [-0.4, -0.2) is 42.3 Å². The standard InChI is InChI=1S/C18H25N5O5/c1-13-10-22(12-20-13)7-5-6-19-17(11-23(24)25)21-14-8-15(26-2)18(28-4)16(9-14)27-3/h8-12,19,21H,5-7H2,1-4H3. The van der Waals surface area contributed by atoms with Crippen molar-refractivity contribution in [3.05, 3.63) is 52.5 Å². The Kier molecular flexibility index (Phi) is 7.49. The van der Waals surface area contributed by atoms with Crippen molar-refractivity contribution >= 4 is 5.69 Å². The van der Waals surface area contributed by atoms with Crippen molar-refractivity contribution in [2.75, 3.05) is 33.2 Å². The van der Waals surface area contributed by atoms with Crippen LogP contribution in [0, 0.1) is 17.0 Å². The summed E-state index contributed by atoms with van der Waals surface area (Å²) in [6.07, 6.45) is 5.35. The van der Waals surface area contributed by atoms with E-state index in [1.54, 1.807) is 18.5 Å². The number of anilines is 1. The van der Waals surface area contributed by atoms with Crippen molar-refractivity contribution in [1.29, 1.82) is 0 Å². The molecule has 152 valence electrons. The van der Waals surface area contributed by atoms with Crippen molar-refractivity contribution in [2.24, 2.45) is 0 Å². The first-order chi connectivity index (χ1) is 13.5. The maximum Gasteiger partial charge on any atom is 0.274 e. The lowest BCUT2D eigenvalue weighted by Crippen LogP contribution is -2.23. The van der Waals surface area contributed by atoms with Crippen LogP contribution in [0.5, 0.6) is 17.2 Å². The van der Waals surface area contributed by atoms with Crippen LogP contribution >= 0.6 is 0 Å². The SMILES string of the molecule is COc1cc(NC(=C[N+](=O)[O-])NCCCn2cnc(C)c2)cc(OC)c1OC. The number of benzene rings is 1. The lowest BCUT2D eigenvalue weighted by atomic mass is 10.2. The van der Waals surface area contributed by atoms with E-state index in [0.717, 1.165) is 24.9 Å². The highest BCUT2D eigenvalue weighted by atomic mass is 16.6. The van der Waals surface area contributed by atoms with Gasteiger partial charge in [-0.05, 0) is 13.3 Å². The van der Waals surface area contributed by atoms with Crippen molar-refractivity contribution in [1.82, 2.24) is 14.9 Å². The molecule has 1 aromatic heterocycles. The zero-order chi connectivity index (χ0) is 20.5. The molecule has 0 aliphatic rings. The lowest BCUT2D eigenvalue weighted by Gasteiger charge is -2.16. The largest absolute Gasteiger partial charge is 0.493 e. The van der Waals surface area contributed by atoms with Crippen molar-refractivity contribution < 1.29 is 19.1 Å². The summed E-state index contributed by atoms with van der Waals surface area (Å²) in [6.45, 7) is 3.21.